The summed E-state index contributed by atoms with van der Waals surface area (Å²) in [5.41, 5.74) is 0.162. The van der Waals surface area contributed by atoms with Crippen molar-refractivity contribution in [3.8, 4) is 0 Å². The van der Waals surface area contributed by atoms with E-state index in [0.717, 1.165) is 25.9 Å². The van der Waals surface area contributed by atoms with Crippen LogP contribution in [0.3, 0.4) is 0 Å². The number of piperidine rings is 1. The van der Waals surface area contributed by atoms with Crippen molar-refractivity contribution < 1.29 is 4.43 Å². The van der Waals surface area contributed by atoms with Gasteiger partial charge in [-0.15, -0.1) is 0 Å². The van der Waals surface area contributed by atoms with Crippen molar-refractivity contribution in [1.29, 1.82) is 0 Å². The van der Waals surface area contributed by atoms with Gasteiger partial charge in [-0.1, -0.05) is 0 Å². The summed E-state index contributed by atoms with van der Waals surface area (Å²) >= 11 is 0. The molecule has 0 atom stereocenters. The van der Waals surface area contributed by atoms with Gasteiger partial charge in [-0.25, -0.2) is 0 Å². The Morgan fingerprint density at radius 2 is 1.67 bits per heavy atom. The molecule has 12 heavy (non-hydrogen) atoms. The SMILES string of the molecule is CC1(O[Si](C)(C)C)CCNCC1. The van der Waals surface area contributed by atoms with Crippen LogP contribution in [0.1, 0.15) is 19.8 Å². The summed E-state index contributed by atoms with van der Waals surface area (Å²) in [5.74, 6) is 0. The monoisotopic (exact) mass is 187 g/mol. The van der Waals surface area contributed by atoms with Gasteiger partial charge in [-0.3, -0.25) is 0 Å². The van der Waals surface area contributed by atoms with Crippen LogP contribution in [0, 0.1) is 0 Å². The average Bonchev–Trinajstić information content (AvgIpc) is 1.83. The van der Waals surface area contributed by atoms with Crippen molar-refractivity contribution in [2.45, 2.75) is 45.0 Å². The van der Waals surface area contributed by atoms with E-state index < -0.39 is 8.32 Å². The average molecular weight is 187 g/mol. The molecule has 1 aliphatic rings. The van der Waals surface area contributed by atoms with Crippen molar-refractivity contribution in [2.24, 2.45) is 0 Å². The lowest BCUT2D eigenvalue weighted by molar-refractivity contribution is 0.0480. The Labute approximate surface area is 76.8 Å². The topological polar surface area (TPSA) is 21.3 Å². The first kappa shape index (κ1) is 10.2. The van der Waals surface area contributed by atoms with Crippen LogP contribution in [0.4, 0.5) is 0 Å². The molecule has 0 amide bonds. The predicted molar refractivity (Wildman–Crippen MR) is 54.9 cm³/mol. The Kier molecular flexibility index (Phi) is 2.96. The normalized spacial score (nSPS) is 24.0. The molecular formula is C9H21NOSi. The van der Waals surface area contributed by atoms with Crippen LogP contribution in [0.25, 0.3) is 0 Å². The maximum atomic E-state index is 6.16. The predicted octanol–water partition coefficient (Wildman–Crippen LogP) is 1.98. The summed E-state index contributed by atoms with van der Waals surface area (Å²) in [4.78, 5) is 0. The standard InChI is InChI=1S/C9H21NOSi/c1-9(11-12(2,3)4)5-7-10-8-6-9/h10H,5-8H2,1-4H3. The zero-order valence-corrected chi connectivity index (χ0v) is 9.74. The molecule has 1 saturated heterocycles. The molecule has 0 spiro atoms. The lowest BCUT2D eigenvalue weighted by Crippen LogP contribution is -2.47. The molecule has 0 aromatic heterocycles. The van der Waals surface area contributed by atoms with Gasteiger partial charge in [0.15, 0.2) is 8.32 Å². The van der Waals surface area contributed by atoms with Crippen LogP contribution in [0.15, 0.2) is 0 Å². The molecule has 0 bridgehead atoms. The van der Waals surface area contributed by atoms with Crippen LogP contribution in [-0.4, -0.2) is 27.0 Å². The maximum Gasteiger partial charge on any atom is 0.184 e. The molecule has 1 fully saturated rings. The van der Waals surface area contributed by atoms with E-state index in [1.54, 1.807) is 0 Å². The Bertz CT molecular complexity index is 147. The minimum atomic E-state index is -1.34. The van der Waals surface area contributed by atoms with E-state index in [-0.39, 0.29) is 5.60 Å². The highest BCUT2D eigenvalue weighted by molar-refractivity contribution is 6.69. The summed E-state index contributed by atoms with van der Waals surface area (Å²) < 4.78 is 6.16. The Balaban J connectivity index is 2.47. The van der Waals surface area contributed by atoms with E-state index in [0.29, 0.717) is 0 Å². The van der Waals surface area contributed by atoms with Crippen molar-refractivity contribution >= 4 is 8.32 Å². The highest BCUT2D eigenvalue weighted by Crippen LogP contribution is 2.26. The Morgan fingerprint density at radius 3 is 2.08 bits per heavy atom. The second kappa shape index (κ2) is 3.48. The molecule has 0 unspecified atom stereocenters. The molecule has 0 aliphatic carbocycles. The first-order valence-electron chi connectivity index (χ1n) is 4.82. The number of rotatable bonds is 2. The third kappa shape index (κ3) is 3.25. The van der Waals surface area contributed by atoms with Gasteiger partial charge in [0.1, 0.15) is 0 Å². The van der Waals surface area contributed by atoms with Gasteiger partial charge in [0.2, 0.25) is 0 Å². The van der Waals surface area contributed by atoms with Crippen LogP contribution >= 0.6 is 0 Å². The van der Waals surface area contributed by atoms with Gasteiger partial charge >= 0.3 is 0 Å². The van der Waals surface area contributed by atoms with Gasteiger partial charge in [0, 0.05) is 0 Å². The smallest absolute Gasteiger partial charge is 0.184 e. The third-order valence-electron chi connectivity index (χ3n) is 2.21. The first-order valence-corrected chi connectivity index (χ1v) is 8.23. The minimum Gasteiger partial charge on any atom is -0.412 e. The van der Waals surface area contributed by atoms with Gasteiger partial charge in [-0.2, -0.15) is 0 Å². The van der Waals surface area contributed by atoms with E-state index in [4.69, 9.17) is 4.43 Å². The summed E-state index contributed by atoms with van der Waals surface area (Å²) in [7, 11) is -1.34. The van der Waals surface area contributed by atoms with E-state index in [9.17, 15) is 0 Å². The van der Waals surface area contributed by atoms with Gasteiger partial charge in [0.05, 0.1) is 5.60 Å². The minimum absolute atomic E-state index is 0.162. The maximum absolute atomic E-state index is 6.16. The molecular weight excluding hydrogens is 166 g/mol. The highest BCUT2D eigenvalue weighted by Gasteiger charge is 2.32. The molecule has 72 valence electrons. The summed E-state index contributed by atoms with van der Waals surface area (Å²) in [5, 5.41) is 3.36. The number of hydrogen-bond acceptors (Lipinski definition) is 2. The molecule has 2 nitrogen and oxygen atoms in total. The van der Waals surface area contributed by atoms with E-state index in [1.165, 1.54) is 0 Å². The first-order chi connectivity index (χ1) is 5.41. The molecule has 3 heteroatoms. The third-order valence-corrected chi connectivity index (χ3v) is 3.32. The Hall–Kier alpha value is 0.137. The number of hydrogen-bond donors (Lipinski definition) is 1. The molecule has 1 N–H and O–H groups in total. The zero-order valence-electron chi connectivity index (χ0n) is 8.74. The van der Waals surface area contributed by atoms with Gasteiger partial charge in [0.25, 0.3) is 0 Å². The summed E-state index contributed by atoms with van der Waals surface area (Å²) in [6.45, 7) is 11.3. The summed E-state index contributed by atoms with van der Waals surface area (Å²) in [6, 6.07) is 0. The van der Waals surface area contributed by atoms with Crippen LogP contribution < -0.4 is 5.32 Å². The fraction of sp³-hybridized carbons (Fsp3) is 1.00. The quantitative estimate of drug-likeness (QED) is 0.668. The molecule has 0 aromatic carbocycles. The molecule has 1 aliphatic heterocycles. The number of nitrogens with one attached hydrogen (secondary N) is 1. The van der Waals surface area contributed by atoms with Crippen LogP contribution in [-0.2, 0) is 4.43 Å². The van der Waals surface area contributed by atoms with Crippen molar-refractivity contribution in [2.75, 3.05) is 13.1 Å². The lowest BCUT2D eigenvalue weighted by Gasteiger charge is -2.39. The van der Waals surface area contributed by atoms with Gasteiger partial charge < -0.3 is 9.74 Å². The van der Waals surface area contributed by atoms with Crippen molar-refractivity contribution in [3.63, 3.8) is 0 Å². The second-order valence-corrected chi connectivity index (χ2v) is 9.34. The van der Waals surface area contributed by atoms with Crippen LogP contribution in [0.2, 0.25) is 19.6 Å². The zero-order chi connectivity index (χ0) is 9.24. The lowest BCUT2D eigenvalue weighted by atomic mass is 9.95. The van der Waals surface area contributed by atoms with Gasteiger partial charge in [-0.05, 0) is 52.5 Å². The molecule has 0 saturated carbocycles. The fourth-order valence-corrected chi connectivity index (χ4v) is 3.48. The van der Waals surface area contributed by atoms with Crippen LogP contribution in [0.5, 0.6) is 0 Å². The molecule has 0 radical (unpaired) electrons. The second-order valence-electron chi connectivity index (χ2n) is 4.91. The molecule has 1 rings (SSSR count). The van der Waals surface area contributed by atoms with Crippen molar-refractivity contribution in [3.05, 3.63) is 0 Å². The largest absolute Gasteiger partial charge is 0.412 e. The van der Waals surface area contributed by atoms with Crippen molar-refractivity contribution in [1.82, 2.24) is 5.32 Å². The Morgan fingerprint density at radius 1 is 1.17 bits per heavy atom. The highest BCUT2D eigenvalue weighted by atomic mass is 28.4. The molecule has 0 aromatic rings. The van der Waals surface area contributed by atoms with E-state index >= 15 is 0 Å². The fourth-order valence-electron chi connectivity index (χ4n) is 1.80. The van der Waals surface area contributed by atoms with E-state index in [2.05, 4.69) is 31.9 Å². The molecule has 1 heterocycles. The van der Waals surface area contributed by atoms with E-state index in [1.807, 2.05) is 0 Å². The summed E-state index contributed by atoms with van der Waals surface area (Å²) in [6.07, 6.45) is 2.33.